The van der Waals surface area contributed by atoms with Crippen LogP contribution in [0.25, 0.3) is 0 Å². The van der Waals surface area contributed by atoms with Gasteiger partial charge in [-0.15, -0.1) is 0 Å². The Hall–Kier alpha value is -1.12. The third kappa shape index (κ3) is 3.64. The molecule has 0 aliphatic carbocycles. The number of rotatable bonds is 0. The maximum Gasteiger partial charge on any atom is 0.315 e. The predicted octanol–water partition coefficient (Wildman–Crippen LogP) is -2.24. The van der Waals surface area contributed by atoms with Gasteiger partial charge >= 0.3 is 11.8 Å². The highest BCUT2D eigenvalue weighted by atomic mass is 32.2. The summed E-state index contributed by atoms with van der Waals surface area (Å²) in [6, 6.07) is -0.779. The van der Waals surface area contributed by atoms with Crippen LogP contribution >= 0.6 is 23.5 Å². The van der Waals surface area contributed by atoms with Crippen molar-refractivity contribution < 1.29 is 26.4 Å². The molecule has 4 heterocycles. The van der Waals surface area contributed by atoms with Gasteiger partial charge in [0.1, 0.15) is 0 Å². The van der Waals surface area contributed by atoms with Gasteiger partial charge < -0.3 is 0 Å². The summed E-state index contributed by atoms with van der Waals surface area (Å²) in [6.45, 7) is 0. The average Bonchev–Trinajstić information content (AvgIpc) is 3.14. The SMILES string of the molecule is O=C(NC1=N[C@H]2CS(=O)(=O)C[C@@H]2S1)C(=O)NC1=N[C@H]2CS(=O)(=O)C[C@@H]2S1. The topological polar surface area (TPSA) is 151 Å². The van der Waals surface area contributed by atoms with E-state index in [-0.39, 0.29) is 55.9 Å². The molecule has 0 radical (unpaired) electrons. The van der Waals surface area contributed by atoms with Crippen LogP contribution in [-0.2, 0) is 29.3 Å². The zero-order valence-electron chi connectivity index (χ0n) is 13.1. The summed E-state index contributed by atoms with van der Waals surface area (Å²) in [5.74, 6) is -1.92. The molecule has 4 aliphatic rings. The highest BCUT2D eigenvalue weighted by Gasteiger charge is 2.44. The maximum absolute atomic E-state index is 12.0. The molecule has 4 atom stereocenters. The third-order valence-corrected chi connectivity index (χ3v) is 10.6. The van der Waals surface area contributed by atoms with E-state index in [0.717, 1.165) is 23.5 Å². The summed E-state index contributed by atoms with van der Waals surface area (Å²) in [4.78, 5) is 32.3. The standard InChI is InChI=1S/C12H14N4O6S4/c17-9(15-11-13-5-1-25(19,20)3-7(5)23-11)10(18)16-12-14-6-2-26(21,22)4-8(6)24-12/h5-8H,1-4H2,(H,13,15,17)(H,14,16,18)/t5-,6-,7-,8-/m0/s1. The molecule has 2 N–H and O–H groups in total. The van der Waals surface area contributed by atoms with Gasteiger partial charge in [0, 0.05) is 10.5 Å². The van der Waals surface area contributed by atoms with E-state index in [1.807, 2.05) is 0 Å². The summed E-state index contributed by atoms with van der Waals surface area (Å²) in [6.07, 6.45) is 0. The Morgan fingerprint density at radius 2 is 1.15 bits per heavy atom. The number of nitrogens with zero attached hydrogens (tertiary/aromatic N) is 2. The molecule has 4 rings (SSSR count). The summed E-state index contributed by atoms with van der Waals surface area (Å²) in [5, 5.41) is 4.77. The Balaban J connectivity index is 1.32. The van der Waals surface area contributed by atoms with Crippen molar-refractivity contribution in [2.75, 3.05) is 23.0 Å². The van der Waals surface area contributed by atoms with E-state index < -0.39 is 31.5 Å². The Bertz CT molecular complexity index is 878. The van der Waals surface area contributed by atoms with E-state index >= 15 is 0 Å². The van der Waals surface area contributed by atoms with Crippen molar-refractivity contribution in [3.05, 3.63) is 0 Å². The minimum Gasteiger partial charge on any atom is -0.297 e. The van der Waals surface area contributed by atoms with E-state index in [0.29, 0.717) is 0 Å². The van der Waals surface area contributed by atoms with Crippen LogP contribution in [0.2, 0.25) is 0 Å². The van der Waals surface area contributed by atoms with Gasteiger partial charge in [-0.25, -0.2) is 16.8 Å². The van der Waals surface area contributed by atoms with Crippen molar-refractivity contribution >= 4 is 65.3 Å². The minimum absolute atomic E-state index is 0.0104. The quantitative estimate of drug-likeness (QED) is 0.403. The number of thioether (sulfide) groups is 2. The lowest BCUT2D eigenvalue weighted by Crippen LogP contribution is -2.43. The molecule has 142 valence electrons. The molecule has 0 bridgehead atoms. The van der Waals surface area contributed by atoms with Gasteiger partial charge in [0.25, 0.3) is 0 Å². The van der Waals surface area contributed by atoms with Crippen LogP contribution in [0.15, 0.2) is 9.98 Å². The van der Waals surface area contributed by atoms with Crippen LogP contribution < -0.4 is 10.6 Å². The number of hydrogen-bond acceptors (Lipinski definition) is 10. The van der Waals surface area contributed by atoms with Crippen molar-refractivity contribution in [3.8, 4) is 0 Å². The Morgan fingerprint density at radius 3 is 1.50 bits per heavy atom. The van der Waals surface area contributed by atoms with E-state index in [1.54, 1.807) is 0 Å². The third-order valence-electron chi connectivity index (χ3n) is 4.28. The molecule has 0 spiro atoms. The molecule has 2 saturated heterocycles. The molecule has 2 amide bonds. The lowest BCUT2D eigenvalue weighted by atomic mass is 10.3. The highest BCUT2D eigenvalue weighted by molar-refractivity contribution is 8.15. The Labute approximate surface area is 157 Å². The van der Waals surface area contributed by atoms with Gasteiger partial charge in [-0.2, -0.15) is 0 Å². The smallest absolute Gasteiger partial charge is 0.297 e. The van der Waals surface area contributed by atoms with Crippen molar-refractivity contribution in [3.63, 3.8) is 0 Å². The first-order chi connectivity index (χ1) is 12.1. The molecule has 4 aliphatic heterocycles. The van der Waals surface area contributed by atoms with E-state index in [9.17, 15) is 26.4 Å². The second-order valence-corrected chi connectivity index (χ2v) is 13.1. The van der Waals surface area contributed by atoms with Crippen LogP contribution in [0, 0.1) is 0 Å². The van der Waals surface area contributed by atoms with Crippen molar-refractivity contribution in [1.82, 2.24) is 10.6 Å². The second-order valence-electron chi connectivity index (χ2n) is 6.38. The fourth-order valence-corrected chi connectivity index (χ4v) is 10.4. The first-order valence-electron chi connectivity index (χ1n) is 7.62. The fraction of sp³-hybridized carbons (Fsp3) is 0.667. The van der Waals surface area contributed by atoms with Gasteiger partial charge in [0.05, 0.1) is 35.1 Å². The molecular weight excluding hydrogens is 424 g/mol. The molecule has 0 saturated carbocycles. The summed E-state index contributed by atoms with van der Waals surface area (Å²) >= 11 is 2.28. The number of amides is 2. The van der Waals surface area contributed by atoms with E-state index in [4.69, 9.17) is 0 Å². The molecule has 10 nitrogen and oxygen atoms in total. The normalized spacial score (nSPS) is 36.0. The maximum atomic E-state index is 12.0. The first-order valence-corrected chi connectivity index (χ1v) is 13.0. The molecule has 26 heavy (non-hydrogen) atoms. The Kier molecular flexibility index (Phi) is 4.36. The number of aliphatic imine (C=N–C) groups is 2. The molecule has 0 aromatic carbocycles. The largest absolute Gasteiger partial charge is 0.315 e. The summed E-state index contributed by atoms with van der Waals surface area (Å²) < 4.78 is 46.0. The number of sulfone groups is 2. The van der Waals surface area contributed by atoms with Crippen molar-refractivity contribution in [2.24, 2.45) is 9.98 Å². The van der Waals surface area contributed by atoms with Gasteiger partial charge in [0.2, 0.25) is 0 Å². The predicted molar refractivity (Wildman–Crippen MR) is 98.8 cm³/mol. The number of nitrogens with one attached hydrogen (secondary N) is 2. The number of fused-ring (bicyclic) bond motifs is 2. The van der Waals surface area contributed by atoms with E-state index in [1.165, 1.54) is 0 Å². The molecule has 0 unspecified atom stereocenters. The van der Waals surface area contributed by atoms with Gasteiger partial charge in [-0.05, 0) is 0 Å². The highest BCUT2D eigenvalue weighted by Crippen LogP contribution is 2.34. The lowest BCUT2D eigenvalue weighted by Gasteiger charge is -2.07. The molecular formula is C12H14N4O6S4. The van der Waals surface area contributed by atoms with Crippen LogP contribution in [-0.4, -0.2) is 84.6 Å². The molecule has 0 aromatic heterocycles. The monoisotopic (exact) mass is 438 g/mol. The zero-order chi connectivity index (χ0) is 18.7. The number of hydrogen-bond donors (Lipinski definition) is 2. The molecule has 14 heteroatoms. The van der Waals surface area contributed by atoms with Gasteiger partial charge in [0.15, 0.2) is 30.0 Å². The van der Waals surface area contributed by atoms with Crippen molar-refractivity contribution in [1.29, 1.82) is 0 Å². The summed E-state index contributed by atoms with van der Waals surface area (Å²) in [5.41, 5.74) is 0. The number of amidine groups is 2. The van der Waals surface area contributed by atoms with Crippen LogP contribution in [0.5, 0.6) is 0 Å². The van der Waals surface area contributed by atoms with Crippen LogP contribution in [0.4, 0.5) is 0 Å². The fourth-order valence-electron chi connectivity index (χ4n) is 3.14. The summed E-state index contributed by atoms with van der Waals surface area (Å²) in [7, 11) is -6.17. The average molecular weight is 439 g/mol. The second kappa shape index (κ2) is 6.21. The number of carbonyl (C=O) groups excluding carboxylic acids is 2. The van der Waals surface area contributed by atoms with Gasteiger partial charge in [-0.1, -0.05) is 23.5 Å². The van der Waals surface area contributed by atoms with Crippen LogP contribution in [0.1, 0.15) is 0 Å². The Morgan fingerprint density at radius 1 is 0.769 bits per heavy atom. The molecule has 2 fully saturated rings. The lowest BCUT2D eigenvalue weighted by molar-refractivity contribution is -0.137. The number of carbonyl (C=O) groups is 2. The zero-order valence-corrected chi connectivity index (χ0v) is 16.4. The van der Waals surface area contributed by atoms with E-state index in [2.05, 4.69) is 20.6 Å². The minimum atomic E-state index is -3.09. The van der Waals surface area contributed by atoms with Crippen LogP contribution in [0.3, 0.4) is 0 Å². The van der Waals surface area contributed by atoms with Crippen molar-refractivity contribution in [2.45, 2.75) is 22.6 Å². The first kappa shape index (κ1) is 18.3. The van der Waals surface area contributed by atoms with Gasteiger partial charge in [-0.3, -0.25) is 30.2 Å². The molecule has 0 aromatic rings.